The fourth-order valence-electron chi connectivity index (χ4n) is 0. The molecule has 12 heteroatoms. The normalized spacial score (nSPS) is 9.67. The van der Waals surface area contributed by atoms with Gasteiger partial charge in [0.1, 0.15) is 0 Å². The molecular weight excluding hydrogens is 259 g/mol. The fraction of sp³-hybridized carbons (Fsp3) is 0. The Labute approximate surface area is 110 Å². The zero-order chi connectivity index (χ0) is 9.00. The average molecular weight is 259 g/mol. The van der Waals surface area contributed by atoms with E-state index >= 15 is 0 Å². The molecule has 0 aliphatic rings. The molecule has 0 radical (unpaired) electrons. The summed E-state index contributed by atoms with van der Waals surface area (Å²) in [5.41, 5.74) is 0. The van der Waals surface area contributed by atoms with Gasteiger partial charge in [-0.2, -0.15) is 0 Å². The molecule has 12 heavy (non-hydrogen) atoms. The van der Waals surface area contributed by atoms with Crippen LogP contribution in [-0.4, -0.2) is 90.1 Å². The molecule has 0 aromatic rings. The van der Waals surface area contributed by atoms with E-state index in [2.05, 4.69) is 0 Å². The van der Waals surface area contributed by atoms with Gasteiger partial charge in [0.2, 0.25) is 0 Å². The third-order valence-corrected chi connectivity index (χ3v) is 0. The van der Waals surface area contributed by atoms with Crippen LogP contribution < -0.4 is 0 Å². The fourth-order valence-corrected chi connectivity index (χ4v) is 0. The van der Waals surface area contributed by atoms with E-state index in [0.29, 0.717) is 0 Å². The Morgan fingerprint density at radius 3 is 0.667 bits per heavy atom. The van der Waals surface area contributed by atoms with Crippen molar-refractivity contribution < 1.29 is 35.0 Å². The van der Waals surface area contributed by atoms with E-state index in [4.69, 9.17) is 35.0 Å². The molecule has 0 aliphatic heterocycles. The first-order chi connectivity index (χ1) is 4.00. The first-order valence-corrected chi connectivity index (χ1v) is 4.00. The van der Waals surface area contributed by atoms with E-state index in [9.17, 15) is 0 Å². The summed E-state index contributed by atoms with van der Waals surface area (Å²) in [4.78, 5) is 0. The zero-order valence-electron chi connectivity index (χ0n) is 5.37. The molecule has 0 heterocycles. The van der Waals surface area contributed by atoms with E-state index in [-0.39, 0.29) is 55.1 Å². The van der Waals surface area contributed by atoms with Crippen LogP contribution in [-0.2, 0) is 20.8 Å². The van der Waals surface area contributed by atoms with Crippen molar-refractivity contribution in [3.63, 3.8) is 0 Å². The van der Waals surface area contributed by atoms with Gasteiger partial charge in [0.25, 0.3) is 0 Å². The Bertz CT molecular complexity index is 213. The molecule has 0 rings (SSSR count). The third-order valence-electron chi connectivity index (χ3n) is 0. The number of rotatable bonds is 0. The van der Waals surface area contributed by atoms with Gasteiger partial charge in [0, 0.05) is 20.8 Å². The van der Waals surface area contributed by atoms with E-state index in [1.807, 2.05) is 0 Å². The van der Waals surface area contributed by atoms with Gasteiger partial charge < -0.3 is 18.2 Å². The Hall–Kier alpha value is 1.53. The van der Waals surface area contributed by atoms with Crippen LogP contribution in [0.5, 0.6) is 0 Å². The average Bonchev–Trinajstić information content (AvgIpc) is 1.12. The summed E-state index contributed by atoms with van der Waals surface area (Å²) in [5.74, 6) is 0. The van der Waals surface area contributed by atoms with Crippen molar-refractivity contribution >= 4 is 75.9 Å². The maximum atomic E-state index is 8.52. The maximum Gasteiger partial charge on any atom is 3.00 e. The Morgan fingerprint density at radius 1 is 0.667 bits per heavy atom. The molecule has 8 nitrogen and oxygen atoms in total. The molecule has 0 aliphatic carbocycles. The van der Waals surface area contributed by atoms with Crippen LogP contribution in [0.2, 0.25) is 0 Å². The van der Waals surface area contributed by atoms with Gasteiger partial charge in [-0.3, -0.25) is 16.8 Å². The van der Waals surface area contributed by atoms with Crippen LogP contribution in [0.4, 0.5) is 0 Å². The summed E-state index contributed by atoms with van der Waals surface area (Å²) in [7, 11) is -10.3. The van der Waals surface area contributed by atoms with E-state index in [0.717, 1.165) is 0 Å². The molecule has 0 fully saturated rings. The van der Waals surface area contributed by atoms with Gasteiger partial charge in [0.05, 0.1) is 0 Å². The second-order valence-corrected chi connectivity index (χ2v) is 2.45. The zero-order valence-corrected chi connectivity index (χ0v) is 10.4. The summed E-state index contributed by atoms with van der Waals surface area (Å²) < 4.78 is 68.2. The summed E-state index contributed by atoms with van der Waals surface area (Å²) in [6.07, 6.45) is 0. The van der Waals surface area contributed by atoms with Crippen molar-refractivity contribution in [1.82, 2.24) is 0 Å². The molecule has 0 spiro atoms. The number of hydrogen-bond donors (Lipinski definition) is 0. The first-order valence-electron chi connectivity index (χ1n) is 1.33. The molecule has 0 unspecified atom stereocenters. The molecular formula is AlCaO8S2+. The minimum Gasteiger partial charge on any atom is -0.759 e. The first kappa shape index (κ1) is 23.4. The molecule has 0 aromatic carbocycles. The van der Waals surface area contributed by atoms with E-state index in [1.165, 1.54) is 0 Å². The molecule has 0 bridgehead atoms. The number of hydrogen-bond acceptors (Lipinski definition) is 8. The van der Waals surface area contributed by atoms with Crippen LogP contribution >= 0.6 is 0 Å². The van der Waals surface area contributed by atoms with E-state index in [1.54, 1.807) is 0 Å². The van der Waals surface area contributed by atoms with Crippen LogP contribution in [0.1, 0.15) is 0 Å². The molecule has 0 saturated heterocycles. The van der Waals surface area contributed by atoms with Crippen molar-refractivity contribution in [1.29, 1.82) is 0 Å². The molecule has 64 valence electrons. The predicted octanol–water partition coefficient (Wildman–Crippen LogP) is -3.44. The topological polar surface area (TPSA) is 161 Å². The summed E-state index contributed by atoms with van der Waals surface area (Å²) >= 11 is 0. The van der Waals surface area contributed by atoms with Gasteiger partial charge in [-0.05, 0) is 0 Å². The van der Waals surface area contributed by atoms with Crippen molar-refractivity contribution in [2.45, 2.75) is 0 Å². The summed E-state index contributed by atoms with van der Waals surface area (Å²) in [5, 5.41) is 0. The van der Waals surface area contributed by atoms with Crippen LogP contribution in [0, 0.1) is 0 Å². The quantitative estimate of drug-likeness (QED) is 0.246. The van der Waals surface area contributed by atoms with Gasteiger partial charge >= 0.3 is 55.1 Å². The second kappa shape index (κ2) is 9.10. The van der Waals surface area contributed by atoms with Crippen molar-refractivity contribution in [2.24, 2.45) is 0 Å². The van der Waals surface area contributed by atoms with Crippen LogP contribution in [0.15, 0.2) is 0 Å². The Kier molecular flexibility index (Phi) is 17.7. The van der Waals surface area contributed by atoms with Crippen LogP contribution in [0.3, 0.4) is 0 Å². The predicted molar refractivity (Wildman–Crippen MR) is 32.5 cm³/mol. The molecule has 0 N–H and O–H groups in total. The molecule has 0 aromatic heterocycles. The third kappa shape index (κ3) is 545. The Morgan fingerprint density at radius 2 is 0.667 bits per heavy atom. The Balaban J connectivity index is -0.0000000457. The maximum absolute atomic E-state index is 8.52. The monoisotopic (exact) mass is 259 g/mol. The van der Waals surface area contributed by atoms with Crippen molar-refractivity contribution in [2.75, 3.05) is 0 Å². The standard InChI is InChI=1S/Al.Ca.2H2O4S/c;;2*1-5(2,3)4/h;;2*(H2,1,2,3,4)/q+3;+2;;/p-4. The van der Waals surface area contributed by atoms with Crippen molar-refractivity contribution in [3.8, 4) is 0 Å². The van der Waals surface area contributed by atoms with Gasteiger partial charge in [-0.1, -0.05) is 0 Å². The SMILES string of the molecule is O=S(=O)([O-])[O-].O=S(=O)([O-])[O-].[Al+3].[Ca+2]. The van der Waals surface area contributed by atoms with Gasteiger partial charge in [-0.15, -0.1) is 0 Å². The molecule has 0 saturated carbocycles. The van der Waals surface area contributed by atoms with Crippen LogP contribution in [0.25, 0.3) is 0 Å². The largest absolute Gasteiger partial charge is 3.00 e. The summed E-state index contributed by atoms with van der Waals surface area (Å²) in [6, 6.07) is 0. The minimum atomic E-state index is -5.17. The van der Waals surface area contributed by atoms with E-state index < -0.39 is 20.8 Å². The molecule has 0 amide bonds. The van der Waals surface area contributed by atoms with Crippen molar-refractivity contribution in [3.05, 3.63) is 0 Å². The molecule has 0 atom stereocenters. The summed E-state index contributed by atoms with van der Waals surface area (Å²) in [6.45, 7) is 0. The smallest absolute Gasteiger partial charge is 0.759 e. The minimum absolute atomic E-state index is 0. The van der Waals surface area contributed by atoms with Gasteiger partial charge in [0.15, 0.2) is 0 Å². The second-order valence-electron chi connectivity index (χ2n) is 0.816. The van der Waals surface area contributed by atoms with Gasteiger partial charge in [-0.25, -0.2) is 0 Å².